The maximum Gasteiger partial charge on any atom is 0.230 e. The van der Waals surface area contributed by atoms with Crippen LogP contribution >= 0.6 is 11.3 Å². The van der Waals surface area contributed by atoms with E-state index >= 15 is 0 Å². The van der Waals surface area contributed by atoms with E-state index in [2.05, 4.69) is 34.9 Å². The van der Waals surface area contributed by atoms with Gasteiger partial charge in [-0.25, -0.2) is 4.98 Å². The number of aromatic nitrogens is 3. The van der Waals surface area contributed by atoms with Crippen LogP contribution in [0, 0.1) is 11.8 Å². The third-order valence-electron chi connectivity index (χ3n) is 5.79. The van der Waals surface area contributed by atoms with Crippen LogP contribution in [-0.2, 0) is 6.42 Å². The molecule has 1 fully saturated rings. The molecule has 4 rings (SSSR count). The van der Waals surface area contributed by atoms with Crippen molar-refractivity contribution in [3.8, 4) is 17.4 Å². The van der Waals surface area contributed by atoms with Crippen LogP contribution in [0.15, 0.2) is 18.2 Å². The van der Waals surface area contributed by atoms with Crippen molar-refractivity contribution < 1.29 is 14.6 Å². The number of hydrogen-bond donors (Lipinski definition) is 1. The van der Waals surface area contributed by atoms with Crippen molar-refractivity contribution >= 4 is 16.3 Å². The number of nitrogens with zero attached hydrogens (tertiary/aromatic N) is 4. The normalized spacial score (nSPS) is 21.1. The molecule has 3 heterocycles. The smallest absolute Gasteiger partial charge is 0.230 e. The molecular formula is C22H30N4O3S. The van der Waals surface area contributed by atoms with Gasteiger partial charge in [0, 0.05) is 19.5 Å². The van der Waals surface area contributed by atoms with Gasteiger partial charge in [-0.1, -0.05) is 38.2 Å². The third kappa shape index (κ3) is 3.74. The van der Waals surface area contributed by atoms with Gasteiger partial charge in [-0.3, -0.25) is 4.90 Å². The number of aromatic hydroxyl groups is 1. The van der Waals surface area contributed by atoms with Crippen LogP contribution < -0.4 is 9.47 Å². The Bertz CT molecular complexity index is 1020. The number of piperidine rings is 1. The lowest BCUT2D eigenvalue weighted by molar-refractivity contribution is 0.111. The molecule has 0 unspecified atom stereocenters. The molecule has 0 spiro atoms. The number of methoxy groups -OCH3 is 2. The fraction of sp³-hybridized carbons (Fsp3) is 0.545. The quantitative estimate of drug-likeness (QED) is 0.634. The van der Waals surface area contributed by atoms with E-state index in [-0.39, 0.29) is 11.9 Å². The van der Waals surface area contributed by atoms with Gasteiger partial charge in [-0.05, 0) is 36.0 Å². The average molecular weight is 431 g/mol. The molecule has 30 heavy (non-hydrogen) atoms. The van der Waals surface area contributed by atoms with E-state index in [1.807, 2.05) is 19.1 Å². The SMILES string of the molecule is CCc1nc2sc([C@@H](c3ccc(OC)c(OC)c3)N3C[C@@H](C)C[C@H](C)C3)c(O)n2n1. The molecule has 162 valence electrons. The van der Waals surface area contributed by atoms with Crippen molar-refractivity contribution in [3.05, 3.63) is 34.5 Å². The summed E-state index contributed by atoms with van der Waals surface area (Å²) in [4.78, 5) is 8.62. The predicted octanol–water partition coefficient (Wildman–Crippen LogP) is 4.14. The van der Waals surface area contributed by atoms with E-state index < -0.39 is 0 Å². The first-order chi connectivity index (χ1) is 14.4. The summed E-state index contributed by atoms with van der Waals surface area (Å²) in [7, 11) is 3.29. The van der Waals surface area contributed by atoms with Gasteiger partial charge in [0.25, 0.3) is 0 Å². The Morgan fingerprint density at radius 3 is 2.47 bits per heavy atom. The fourth-order valence-corrected chi connectivity index (χ4v) is 5.73. The van der Waals surface area contributed by atoms with Crippen molar-refractivity contribution in [2.24, 2.45) is 11.8 Å². The van der Waals surface area contributed by atoms with Gasteiger partial charge in [-0.2, -0.15) is 4.52 Å². The van der Waals surface area contributed by atoms with Crippen molar-refractivity contribution in [2.75, 3.05) is 27.3 Å². The summed E-state index contributed by atoms with van der Waals surface area (Å²) in [5.74, 6) is 3.48. The topological polar surface area (TPSA) is 72.1 Å². The summed E-state index contributed by atoms with van der Waals surface area (Å²) >= 11 is 1.51. The summed E-state index contributed by atoms with van der Waals surface area (Å²) in [6.45, 7) is 8.54. The highest BCUT2D eigenvalue weighted by molar-refractivity contribution is 7.17. The number of aryl methyl sites for hydroxylation is 1. The molecule has 1 aliphatic heterocycles. The Kier molecular flexibility index (Phi) is 5.88. The summed E-state index contributed by atoms with van der Waals surface area (Å²) in [6, 6.07) is 5.90. The van der Waals surface area contributed by atoms with Gasteiger partial charge in [0.2, 0.25) is 10.8 Å². The molecule has 7 nitrogen and oxygen atoms in total. The van der Waals surface area contributed by atoms with Crippen molar-refractivity contribution in [2.45, 2.75) is 39.7 Å². The molecule has 0 bridgehead atoms. The van der Waals surface area contributed by atoms with Crippen LogP contribution in [0.2, 0.25) is 0 Å². The second-order valence-corrected chi connectivity index (χ2v) is 9.29. The van der Waals surface area contributed by atoms with E-state index in [0.29, 0.717) is 23.3 Å². The van der Waals surface area contributed by atoms with Gasteiger partial charge in [0.15, 0.2) is 17.3 Å². The minimum atomic E-state index is -0.103. The van der Waals surface area contributed by atoms with Gasteiger partial charge in [0.1, 0.15) is 0 Å². The van der Waals surface area contributed by atoms with Crippen molar-refractivity contribution in [3.63, 3.8) is 0 Å². The largest absolute Gasteiger partial charge is 0.493 e. The van der Waals surface area contributed by atoms with E-state index in [0.717, 1.165) is 40.7 Å². The average Bonchev–Trinajstić information content (AvgIpc) is 3.26. The molecular weight excluding hydrogens is 400 g/mol. The molecule has 0 radical (unpaired) electrons. The first-order valence-electron chi connectivity index (χ1n) is 10.5. The molecule has 0 aliphatic carbocycles. The van der Waals surface area contributed by atoms with Crippen molar-refractivity contribution in [1.29, 1.82) is 0 Å². The molecule has 1 saturated heterocycles. The number of hydrogen-bond acceptors (Lipinski definition) is 7. The predicted molar refractivity (Wildman–Crippen MR) is 118 cm³/mol. The maximum atomic E-state index is 11.1. The summed E-state index contributed by atoms with van der Waals surface area (Å²) < 4.78 is 12.6. The Morgan fingerprint density at radius 1 is 1.17 bits per heavy atom. The summed E-state index contributed by atoms with van der Waals surface area (Å²) in [5, 5.41) is 15.6. The second-order valence-electron chi connectivity index (χ2n) is 8.28. The molecule has 1 aromatic carbocycles. The Balaban J connectivity index is 1.84. The van der Waals surface area contributed by atoms with Crippen LogP contribution in [0.3, 0.4) is 0 Å². The molecule has 3 aromatic rings. The molecule has 2 aromatic heterocycles. The summed E-state index contributed by atoms with van der Waals surface area (Å²) in [5.41, 5.74) is 1.06. The number of thiazole rings is 1. The lowest BCUT2D eigenvalue weighted by Gasteiger charge is -2.40. The van der Waals surface area contributed by atoms with Crippen molar-refractivity contribution in [1.82, 2.24) is 19.5 Å². The Labute approximate surface area is 181 Å². The fourth-order valence-electron chi connectivity index (χ4n) is 4.59. The molecule has 1 aliphatic rings. The number of likely N-dealkylation sites (tertiary alicyclic amines) is 1. The zero-order chi connectivity index (χ0) is 21.4. The van der Waals surface area contributed by atoms with Gasteiger partial charge in [-0.15, -0.1) is 5.10 Å². The van der Waals surface area contributed by atoms with Crippen LogP contribution in [0.5, 0.6) is 17.4 Å². The van der Waals surface area contributed by atoms with E-state index in [1.54, 1.807) is 18.7 Å². The van der Waals surface area contributed by atoms with E-state index in [1.165, 1.54) is 17.8 Å². The Morgan fingerprint density at radius 2 is 1.87 bits per heavy atom. The zero-order valence-electron chi connectivity index (χ0n) is 18.3. The highest BCUT2D eigenvalue weighted by Gasteiger charge is 2.34. The second kappa shape index (κ2) is 8.43. The molecule has 1 N–H and O–H groups in total. The zero-order valence-corrected chi connectivity index (χ0v) is 19.1. The number of benzene rings is 1. The number of ether oxygens (including phenoxy) is 2. The lowest BCUT2D eigenvalue weighted by Crippen LogP contribution is -2.41. The number of fused-ring (bicyclic) bond motifs is 1. The van der Waals surface area contributed by atoms with Gasteiger partial charge < -0.3 is 14.6 Å². The minimum Gasteiger partial charge on any atom is -0.493 e. The molecule has 0 amide bonds. The van der Waals surface area contributed by atoms with Gasteiger partial charge in [0.05, 0.1) is 25.1 Å². The highest BCUT2D eigenvalue weighted by atomic mass is 32.1. The van der Waals surface area contributed by atoms with E-state index in [9.17, 15) is 5.11 Å². The first kappa shape index (κ1) is 20.9. The molecule has 8 heteroatoms. The Hall–Kier alpha value is -2.32. The van der Waals surface area contributed by atoms with Gasteiger partial charge >= 0.3 is 0 Å². The summed E-state index contributed by atoms with van der Waals surface area (Å²) in [6.07, 6.45) is 1.96. The minimum absolute atomic E-state index is 0.103. The molecule has 0 saturated carbocycles. The molecule has 3 atom stereocenters. The van der Waals surface area contributed by atoms with Crippen LogP contribution in [0.25, 0.3) is 4.96 Å². The third-order valence-corrected chi connectivity index (χ3v) is 6.87. The standard InChI is InChI=1S/C22H30N4O3S/c1-6-18-23-22-26(24-18)21(27)20(30-22)19(25-11-13(2)9-14(3)12-25)15-7-8-16(28-4)17(10-15)29-5/h7-8,10,13-14,19,27H,6,9,11-12H2,1-5H3/t13-,14-,19+/m0/s1. The monoisotopic (exact) mass is 430 g/mol. The maximum absolute atomic E-state index is 11.1. The first-order valence-corrected chi connectivity index (χ1v) is 11.3. The number of rotatable bonds is 6. The van der Waals surface area contributed by atoms with Crippen LogP contribution in [0.4, 0.5) is 0 Å². The lowest BCUT2D eigenvalue weighted by atomic mass is 9.89. The van der Waals surface area contributed by atoms with E-state index in [4.69, 9.17) is 9.47 Å². The van der Waals surface area contributed by atoms with Crippen LogP contribution in [0.1, 0.15) is 49.5 Å². The highest BCUT2D eigenvalue weighted by Crippen LogP contribution is 2.43. The van der Waals surface area contributed by atoms with Crippen LogP contribution in [-0.4, -0.2) is 51.9 Å².